The molecule has 1 heterocycles. The molecule has 0 fully saturated rings. The van der Waals surface area contributed by atoms with E-state index in [0.717, 1.165) is 0 Å². The number of nitriles is 1. The van der Waals surface area contributed by atoms with Crippen LogP contribution in [0.4, 0.5) is 22.0 Å². The van der Waals surface area contributed by atoms with Gasteiger partial charge in [0.15, 0.2) is 0 Å². The average Bonchev–Trinajstić information content (AvgIpc) is 2.15. The van der Waals surface area contributed by atoms with Gasteiger partial charge in [0.1, 0.15) is 6.67 Å². The van der Waals surface area contributed by atoms with Crippen molar-refractivity contribution in [2.45, 2.75) is 19.5 Å². The molecule has 3 nitrogen and oxygen atoms in total. The molecule has 8 heteroatoms. The number of pyridine rings is 1. The first-order chi connectivity index (χ1) is 7.87. The second kappa shape index (κ2) is 4.95. The molecule has 0 aromatic carbocycles. The molecule has 0 N–H and O–H groups in total. The fourth-order valence-electron chi connectivity index (χ4n) is 1.12. The normalized spacial score (nSPS) is 11.1. The minimum absolute atomic E-state index is 0.221. The summed E-state index contributed by atoms with van der Waals surface area (Å²) in [5.74, 6) is -2.48. The summed E-state index contributed by atoms with van der Waals surface area (Å²) < 4.78 is 64.4. The number of rotatable bonds is 3. The van der Waals surface area contributed by atoms with E-state index in [2.05, 4.69) is 9.72 Å². The van der Waals surface area contributed by atoms with Crippen LogP contribution in [0.15, 0.2) is 6.07 Å². The molecular formula is C9H5F5N2O. The Morgan fingerprint density at radius 1 is 1.41 bits per heavy atom. The Balaban J connectivity index is 3.15. The van der Waals surface area contributed by atoms with E-state index in [1.165, 1.54) is 0 Å². The topological polar surface area (TPSA) is 45.9 Å². The summed E-state index contributed by atoms with van der Waals surface area (Å²) >= 11 is 0. The van der Waals surface area contributed by atoms with Crippen LogP contribution >= 0.6 is 0 Å². The Morgan fingerprint density at radius 2 is 2.06 bits per heavy atom. The standard InChI is InChI=1S/C9H5F5N2O/c10-4-6-5(1-2-15)3-7(16-8(6)11)17-9(12,13)14/h3H,1,4H2. The highest BCUT2D eigenvalue weighted by Gasteiger charge is 2.32. The Bertz CT molecular complexity index is 452. The summed E-state index contributed by atoms with van der Waals surface area (Å²) in [6, 6.07) is 2.27. The average molecular weight is 252 g/mol. The van der Waals surface area contributed by atoms with E-state index >= 15 is 0 Å². The third-order valence-corrected chi connectivity index (χ3v) is 1.77. The van der Waals surface area contributed by atoms with Gasteiger partial charge in [-0.25, -0.2) is 4.39 Å². The minimum atomic E-state index is -5.03. The molecular weight excluding hydrogens is 247 g/mol. The number of halogens is 5. The van der Waals surface area contributed by atoms with E-state index in [-0.39, 0.29) is 5.56 Å². The molecule has 0 aliphatic heterocycles. The number of alkyl halides is 4. The van der Waals surface area contributed by atoms with Gasteiger partial charge >= 0.3 is 6.36 Å². The molecule has 0 saturated carbocycles. The highest BCUT2D eigenvalue weighted by atomic mass is 19.4. The van der Waals surface area contributed by atoms with Crippen LogP contribution < -0.4 is 4.74 Å². The molecule has 0 bridgehead atoms. The lowest BCUT2D eigenvalue weighted by atomic mass is 10.1. The smallest absolute Gasteiger partial charge is 0.388 e. The van der Waals surface area contributed by atoms with Crippen molar-refractivity contribution in [2.75, 3.05) is 0 Å². The zero-order valence-corrected chi connectivity index (χ0v) is 8.18. The quantitative estimate of drug-likeness (QED) is 0.613. The largest absolute Gasteiger partial charge is 0.574 e. The van der Waals surface area contributed by atoms with Crippen LogP contribution in [0.1, 0.15) is 11.1 Å². The molecule has 0 atom stereocenters. The Morgan fingerprint density at radius 3 is 2.53 bits per heavy atom. The molecule has 0 amide bonds. The summed E-state index contributed by atoms with van der Waals surface area (Å²) in [6.07, 6.45) is -5.46. The fourth-order valence-corrected chi connectivity index (χ4v) is 1.12. The lowest BCUT2D eigenvalue weighted by Crippen LogP contribution is -2.18. The molecule has 1 aromatic heterocycles. The molecule has 17 heavy (non-hydrogen) atoms. The molecule has 0 saturated heterocycles. The van der Waals surface area contributed by atoms with Gasteiger partial charge in [-0.3, -0.25) is 0 Å². The van der Waals surface area contributed by atoms with Crippen LogP contribution in [0.3, 0.4) is 0 Å². The first kappa shape index (κ1) is 13.2. The van der Waals surface area contributed by atoms with Crippen LogP contribution in [-0.2, 0) is 13.1 Å². The second-order valence-electron chi connectivity index (χ2n) is 2.91. The van der Waals surface area contributed by atoms with Crippen molar-refractivity contribution in [3.05, 3.63) is 23.1 Å². The Labute approximate surface area is 92.4 Å². The predicted octanol–water partition coefficient (Wildman–Crippen LogP) is 2.65. The molecule has 1 aromatic rings. The van der Waals surface area contributed by atoms with E-state index in [9.17, 15) is 22.0 Å². The van der Waals surface area contributed by atoms with Crippen molar-refractivity contribution >= 4 is 0 Å². The molecule has 0 aliphatic carbocycles. The van der Waals surface area contributed by atoms with Crippen molar-refractivity contribution < 1.29 is 26.7 Å². The van der Waals surface area contributed by atoms with Gasteiger partial charge in [0, 0.05) is 11.6 Å². The first-order valence-corrected chi connectivity index (χ1v) is 4.24. The minimum Gasteiger partial charge on any atom is -0.388 e. The van der Waals surface area contributed by atoms with Crippen LogP contribution in [0.25, 0.3) is 0 Å². The third kappa shape index (κ3) is 3.55. The third-order valence-electron chi connectivity index (χ3n) is 1.77. The fraction of sp³-hybridized carbons (Fsp3) is 0.333. The van der Waals surface area contributed by atoms with Crippen LogP contribution in [0.2, 0.25) is 0 Å². The van der Waals surface area contributed by atoms with E-state index < -0.39 is 36.8 Å². The Kier molecular flexibility index (Phi) is 3.83. The SMILES string of the molecule is N#CCc1cc(OC(F)(F)F)nc(F)c1CF. The molecule has 0 unspecified atom stereocenters. The highest BCUT2D eigenvalue weighted by molar-refractivity contribution is 5.32. The van der Waals surface area contributed by atoms with Crippen molar-refractivity contribution in [3.8, 4) is 11.9 Å². The maximum absolute atomic E-state index is 13.1. The molecule has 1 rings (SSSR count). The van der Waals surface area contributed by atoms with Gasteiger partial charge in [-0.1, -0.05) is 0 Å². The van der Waals surface area contributed by atoms with Gasteiger partial charge < -0.3 is 4.74 Å². The van der Waals surface area contributed by atoms with Crippen LogP contribution in [0.5, 0.6) is 5.88 Å². The van der Waals surface area contributed by atoms with Gasteiger partial charge in [0.25, 0.3) is 0 Å². The molecule has 0 aliphatic rings. The summed E-state index contributed by atoms with van der Waals surface area (Å²) in [6.45, 7) is -1.26. The van der Waals surface area contributed by atoms with Crippen molar-refractivity contribution in [1.82, 2.24) is 4.98 Å². The van der Waals surface area contributed by atoms with Gasteiger partial charge in [-0.05, 0) is 5.56 Å². The Hall–Kier alpha value is -1.91. The molecule has 0 radical (unpaired) electrons. The number of hydrogen-bond donors (Lipinski definition) is 0. The monoisotopic (exact) mass is 252 g/mol. The second-order valence-corrected chi connectivity index (χ2v) is 2.91. The van der Waals surface area contributed by atoms with Crippen molar-refractivity contribution in [1.29, 1.82) is 5.26 Å². The zero-order chi connectivity index (χ0) is 13.1. The van der Waals surface area contributed by atoms with Crippen molar-refractivity contribution in [2.24, 2.45) is 0 Å². The number of ether oxygens (including phenoxy) is 1. The number of aromatic nitrogens is 1. The zero-order valence-electron chi connectivity index (χ0n) is 8.18. The van der Waals surface area contributed by atoms with Gasteiger partial charge in [-0.2, -0.15) is 14.6 Å². The summed E-state index contributed by atoms with van der Waals surface area (Å²) in [7, 11) is 0. The van der Waals surface area contributed by atoms with Crippen LogP contribution in [0, 0.1) is 17.3 Å². The van der Waals surface area contributed by atoms with Crippen molar-refractivity contribution in [3.63, 3.8) is 0 Å². The van der Waals surface area contributed by atoms with E-state index in [4.69, 9.17) is 5.26 Å². The maximum Gasteiger partial charge on any atom is 0.574 e. The van der Waals surface area contributed by atoms with Gasteiger partial charge in [0.05, 0.1) is 12.5 Å². The lowest BCUT2D eigenvalue weighted by molar-refractivity contribution is -0.276. The van der Waals surface area contributed by atoms with E-state index in [0.29, 0.717) is 6.07 Å². The molecule has 92 valence electrons. The highest BCUT2D eigenvalue weighted by Crippen LogP contribution is 2.25. The molecule has 0 spiro atoms. The van der Waals surface area contributed by atoms with Gasteiger partial charge in [-0.15, -0.1) is 13.2 Å². The number of nitrogens with zero attached hydrogens (tertiary/aromatic N) is 2. The van der Waals surface area contributed by atoms with Gasteiger partial charge in [0.2, 0.25) is 11.8 Å². The maximum atomic E-state index is 13.1. The van der Waals surface area contributed by atoms with Crippen LogP contribution in [-0.4, -0.2) is 11.3 Å². The predicted molar refractivity (Wildman–Crippen MR) is 45.0 cm³/mol. The van der Waals surface area contributed by atoms with E-state index in [1.54, 1.807) is 6.07 Å². The summed E-state index contributed by atoms with van der Waals surface area (Å²) in [5.41, 5.74) is -0.761. The first-order valence-electron chi connectivity index (χ1n) is 4.24. The van der Waals surface area contributed by atoms with E-state index in [1.807, 2.05) is 0 Å². The lowest BCUT2D eigenvalue weighted by Gasteiger charge is -2.10. The number of hydrogen-bond acceptors (Lipinski definition) is 3. The summed E-state index contributed by atoms with van der Waals surface area (Å²) in [4.78, 5) is 2.81. The summed E-state index contributed by atoms with van der Waals surface area (Å²) in [5, 5.41) is 8.38.